The third-order valence-corrected chi connectivity index (χ3v) is 7.70. The summed E-state index contributed by atoms with van der Waals surface area (Å²) in [4.78, 5) is 19.2. The number of thioether (sulfide) groups is 1. The number of hydrogen-bond acceptors (Lipinski definition) is 6. The first-order chi connectivity index (χ1) is 12.9. The Kier molecular flexibility index (Phi) is 4.63. The molecule has 3 aromatic rings. The van der Waals surface area contributed by atoms with Gasteiger partial charge in [-0.25, -0.2) is 18.5 Å². The van der Waals surface area contributed by atoms with Crippen LogP contribution in [0.1, 0.15) is 20.3 Å². The van der Waals surface area contributed by atoms with Gasteiger partial charge in [0.05, 0.1) is 27.8 Å². The number of carbonyl (C=O) groups excluding carboxylic acids is 1. The Hall–Kier alpha value is -2.07. The summed E-state index contributed by atoms with van der Waals surface area (Å²) in [5, 5.41) is 7.49. The van der Waals surface area contributed by atoms with Gasteiger partial charge in [-0.05, 0) is 32.4 Å². The Morgan fingerprint density at radius 3 is 2.93 bits per heavy atom. The van der Waals surface area contributed by atoms with E-state index in [0.717, 1.165) is 11.0 Å². The number of H-pyrrole nitrogens is 1. The van der Waals surface area contributed by atoms with E-state index in [1.807, 2.05) is 42.5 Å². The molecule has 1 aliphatic rings. The van der Waals surface area contributed by atoms with Crippen LogP contribution in [-0.4, -0.2) is 68.1 Å². The van der Waals surface area contributed by atoms with Gasteiger partial charge < -0.3 is 4.90 Å². The molecule has 1 aromatic carbocycles. The van der Waals surface area contributed by atoms with Crippen LogP contribution in [0.5, 0.6) is 0 Å². The number of fused-ring (bicyclic) bond motifs is 3. The molecule has 0 spiro atoms. The zero-order valence-corrected chi connectivity index (χ0v) is 16.8. The maximum Gasteiger partial charge on any atom is 0.236 e. The van der Waals surface area contributed by atoms with Gasteiger partial charge in [0.1, 0.15) is 0 Å². The monoisotopic (exact) mass is 407 g/mol. The van der Waals surface area contributed by atoms with E-state index in [1.165, 1.54) is 11.8 Å². The molecule has 1 aliphatic heterocycles. The highest BCUT2D eigenvalue weighted by atomic mass is 32.2. The predicted octanol–water partition coefficient (Wildman–Crippen LogP) is 1.73. The standard InChI is InChI=1S/C17H21N5O3S2/c1-3-21(12-8-9-27(24,25)10-12)15(23)11(2)26-17-20-19-16-18-13-6-4-5-7-14(13)22(16)17/h4-7,11-12H,3,8-10H2,1-2H3,(H,18,19)/t11-,12+/m1/s1. The maximum atomic E-state index is 13.0. The molecular weight excluding hydrogens is 386 g/mol. The number of sulfone groups is 1. The van der Waals surface area contributed by atoms with Crippen molar-refractivity contribution >= 4 is 44.3 Å². The number of rotatable bonds is 5. The second-order valence-electron chi connectivity index (χ2n) is 6.71. The molecule has 0 aliphatic carbocycles. The van der Waals surface area contributed by atoms with Crippen molar-refractivity contribution in [2.75, 3.05) is 18.1 Å². The highest BCUT2D eigenvalue weighted by Gasteiger charge is 2.35. The van der Waals surface area contributed by atoms with E-state index in [0.29, 0.717) is 23.9 Å². The van der Waals surface area contributed by atoms with Gasteiger partial charge in [-0.1, -0.05) is 23.9 Å². The van der Waals surface area contributed by atoms with Crippen LogP contribution in [0.2, 0.25) is 0 Å². The average molecular weight is 408 g/mol. The van der Waals surface area contributed by atoms with Gasteiger partial charge in [-0.15, -0.1) is 5.10 Å². The fourth-order valence-electron chi connectivity index (χ4n) is 3.58. The van der Waals surface area contributed by atoms with Crippen molar-refractivity contribution < 1.29 is 13.2 Å². The van der Waals surface area contributed by atoms with Crippen LogP contribution >= 0.6 is 11.8 Å². The van der Waals surface area contributed by atoms with Crippen LogP contribution < -0.4 is 0 Å². The first kappa shape index (κ1) is 18.3. The largest absolute Gasteiger partial charge is 0.338 e. The summed E-state index contributed by atoms with van der Waals surface area (Å²) in [6.45, 7) is 4.21. The van der Waals surface area contributed by atoms with Gasteiger partial charge in [0.15, 0.2) is 15.0 Å². The Labute approximate surface area is 161 Å². The lowest BCUT2D eigenvalue weighted by Crippen LogP contribution is -2.44. The second kappa shape index (κ2) is 6.83. The fraction of sp³-hybridized carbons (Fsp3) is 0.471. The Bertz CT molecular complexity index is 1100. The molecule has 1 amide bonds. The van der Waals surface area contributed by atoms with E-state index in [4.69, 9.17) is 0 Å². The molecule has 1 saturated heterocycles. The first-order valence-electron chi connectivity index (χ1n) is 8.88. The smallest absolute Gasteiger partial charge is 0.236 e. The van der Waals surface area contributed by atoms with Gasteiger partial charge in [-0.3, -0.25) is 9.20 Å². The number of carbonyl (C=O) groups is 1. The minimum absolute atomic E-state index is 0.0583. The van der Waals surface area contributed by atoms with Gasteiger partial charge in [0, 0.05) is 12.6 Å². The second-order valence-corrected chi connectivity index (χ2v) is 10.2. The van der Waals surface area contributed by atoms with Crippen molar-refractivity contribution in [2.24, 2.45) is 0 Å². The number of hydrogen-bond donors (Lipinski definition) is 1. The van der Waals surface area contributed by atoms with Crippen LogP contribution in [0.15, 0.2) is 29.4 Å². The first-order valence-corrected chi connectivity index (χ1v) is 11.6. The highest BCUT2D eigenvalue weighted by molar-refractivity contribution is 8.00. The zero-order chi connectivity index (χ0) is 19.2. The summed E-state index contributed by atoms with van der Waals surface area (Å²) in [6.07, 6.45) is 0.512. The number of imidazole rings is 1. The summed E-state index contributed by atoms with van der Waals surface area (Å²) in [6, 6.07) is 7.52. The van der Waals surface area contributed by atoms with E-state index < -0.39 is 9.84 Å². The van der Waals surface area contributed by atoms with E-state index in [2.05, 4.69) is 15.2 Å². The average Bonchev–Trinajstić information content (AvgIpc) is 3.29. The lowest BCUT2D eigenvalue weighted by atomic mass is 10.2. The topological polar surface area (TPSA) is 100 Å². The molecule has 144 valence electrons. The summed E-state index contributed by atoms with van der Waals surface area (Å²) < 4.78 is 25.5. The van der Waals surface area contributed by atoms with Crippen molar-refractivity contribution in [3.63, 3.8) is 0 Å². The van der Waals surface area contributed by atoms with E-state index in [-0.39, 0.29) is 28.7 Å². The molecule has 2 atom stereocenters. The molecule has 0 unspecified atom stereocenters. The van der Waals surface area contributed by atoms with Crippen LogP contribution in [0.3, 0.4) is 0 Å². The molecule has 0 saturated carbocycles. The van der Waals surface area contributed by atoms with Gasteiger partial charge in [0.2, 0.25) is 11.7 Å². The molecule has 8 nitrogen and oxygen atoms in total. The third kappa shape index (κ3) is 3.31. The Balaban J connectivity index is 1.57. The third-order valence-electron chi connectivity index (χ3n) is 4.91. The fourth-order valence-corrected chi connectivity index (χ4v) is 6.25. The lowest BCUT2D eigenvalue weighted by Gasteiger charge is -2.29. The van der Waals surface area contributed by atoms with Crippen LogP contribution in [0.4, 0.5) is 0 Å². The number of aromatic amines is 1. The van der Waals surface area contributed by atoms with Gasteiger partial charge >= 0.3 is 0 Å². The predicted molar refractivity (Wildman–Crippen MR) is 105 cm³/mol. The maximum absolute atomic E-state index is 13.0. The zero-order valence-electron chi connectivity index (χ0n) is 15.1. The van der Waals surface area contributed by atoms with Crippen LogP contribution in [0.25, 0.3) is 16.8 Å². The minimum Gasteiger partial charge on any atom is -0.338 e. The van der Waals surface area contributed by atoms with E-state index >= 15 is 0 Å². The van der Waals surface area contributed by atoms with Crippen molar-refractivity contribution in [3.05, 3.63) is 24.3 Å². The van der Waals surface area contributed by atoms with Gasteiger partial charge in [-0.2, -0.15) is 0 Å². The van der Waals surface area contributed by atoms with E-state index in [9.17, 15) is 13.2 Å². The normalized spacial score (nSPS) is 20.3. The van der Waals surface area contributed by atoms with Crippen molar-refractivity contribution in [1.29, 1.82) is 0 Å². The Morgan fingerprint density at radius 2 is 2.22 bits per heavy atom. The van der Waals surface area contributed by atoms with Crippen LogP contribution in [0, 0.1) is 0 Å². The summed E-state index contributed by atoms with van der Waals surface area (Å²) >= 11 is 1.35. The minimum atomic E-state index is -3.04. The Morgan fingerprint density at radius 1 is 1.44 bits per heavy atom. The number of para-hydroxylation sites is 2. The molecule has 4 rings (SSSR count). The van der Waals surface area contributed by atoms with Gasteiger partial charge in [0.25, 0.3) is 0 Å². The molecular formula is C17H21N5O3S2. The summed E-state index contributed by atoms with van der Waals surface area (Å²) in [5.41, 5.74) is 1.79. The quantitative estimate of drug-likeness (QED) is 0.647. The number of nitrogens with zero attached hydrogens (tertiary/aromatic N) is 4. The number of benzene rings is 1. The molecule has 0 bridgehead atoms. The molecule has 10 heteroatoms. The summed E-state index contributed by atoms with van der Waals surface area (Å²) in [7, 11) is -3.04. The van der Waals surface area contributed by atoms with Crippen LogP contribution in [-0.2, 0) is 14.6 Å². The highest BCUT2D eigenvalue weighted by Crippen LogP contribution is 2.28. The lowest BCUT2D eigenvalue weighted by molar-refractivity contribution is -0.131. The molecule has 3 heterocycles. The number of aromatic nitrogens is 4. The van der Waals surface area contributed by atoms with Crippen molar-refractivity contribution in [3.8, 4) is 0 Å². The SMILES string of the molecule is CCN(C(=O)[C@@H](C)Sc1n[nH]c2nc3ccccc3n12)[C@H]1CCS(=O)(=O)C1. The molecule has 2 aromatic heterocycles. The molecule has 0 radical (unpaired) electrons. The summed E-state index contributed by atoms with van der Waals surface area (Å²) in [5.74, 6) is 0.782. The number of amides is 1. The van der Waals surface area contributed by atoms with E-state index in [1.54, 1.807) is 4.90 Å². The number of nitrogens with one attached hydrogen (secondary N) is 1. The van der Waals surface area contributed by atoms with Crippen molar-refractivity contribution in [2.45, 2.75) is 36.7 Å². The molecule has 1 N–H and O–H groups in total. The molecule has 27 heavy (non-hydrogen) atoms. The van der Waals surface area contributed by atoms with Crippen molar-refractivity contribution in [1.82, 2.24) is 24.5 Å². The molecule has 1 fully saturated rings.